The van der Waals surface area contributed by atoms with Crippen molar-refractivity contribution in [3.05, 3.63) is 62.8 Å². The Bertz CT molecular complexity index is 1320. The van der Waals surface area contributed by atoms with Gasteiger partial charge in [0.1, 0.15) is 4.83 Å². The van der Waals surface area contributed by atoms with Crippen molar-refractivity contribution in [2.75, 3.05) is 0 Å². The van der Waals surface area contributed by atoms with Gasteiger partial charge in [-0.2, -0.15) is 17.9 Å². The first-order valence-electron chi connectivity index (χ1n) is 9.76. The maximum atomic E-state index is 13.2. The smallest absolute Gasteiger partial charge is 0.291 e. The van der Waals surface area contributed by atoms with E-state index in [-0.39, 0.29) is 12.1 Å². The number of hydrogen-bond acceptors (Lipinski definition) is 6. The Labute approximate surface area is 178 Å². The molecular formula is C20H17F3N6OS. The van der Waals surface area contributed by atoms with Crippen molar-refractivity contribution in [3.63, 3.8) is 0 Å². The van der Waals surface area contributed by atoms with Gasteiger partial charge in [0.15, 0.2) is 5.82 Å². The summed E-state index contributed by atoms with van der Waals surface area (Å²) in [6.45, 7) is 2.26. The molecule has 0 fully saturated rings. The van der Waals surface area contributed by atoms with Crippen molar-refractivity contribution < 1.29 is 13.2 Å². The maximum Gasteiger partial charge on any atom is 0.416 e. The molecule has 0 saturated heterocycles. The van der Waals surface area contributed by atoms with Gasteiger partial charge in [0.25, 0.3) is 5.56 Å². The van der Waals surface area contributed by atoms with E-state index in [4.69, 9.17) is 0 Å². The SMILES string of the molecule is CC1CCc2c(sc3ncn(Cc4nnnn4-c4ccc(C(F)(F)F)cc4)c(=O)c23)C1. The van der Waals surface area contributed by atoms with Crippen LogP contribution in [0.1, 0.15) is 35.2 Å². The van der Waals surface area contributed by atoms with Gasteiger partial charge in [-0.05, 0) is 65.4 Å². The van der Waals surface area contributed by atoms with Gasteiger partial charge >= 0.3 is 6.18 Å². The number of halogens is 3. The molecule has 160 valence electrons. The number of tetrazole rings is 1. The van der Waals surface area contributed by atoms with Gasteiger partial charge in [0, 0.05) is 4.88 Å². The highest BCUT2D eigenvalue weighted by atomic mass is 32.1. The fraction of sp³-hybridized carbons (Fsp3) is 0.350. The van der Waals surface area contributed by atoms with Crippen molar-refractivity contribution in [1.82, 2.24) is 29.8 Å². The highest BCUT2D eigenvalue weighted by molar-refractivity contribution is 7.18. The summed E-state index contributed by atoms with van der Waals surface area (Å²) in [6, 6.07) is 4.53. The van der Waals surface area contributed by atoms with E-state index in [1.165, 1.54) is 32.6 Å². The average molecular weight is 446 g/mol. The lowest BCUT2D eigenvalue weighted by atomic mass is 9.89. The second-order valence-electron chi connectivity index (χ2n) is 7.76. The third kappa shape index (κ3) is 3.52. The average Bonchev–Trinajstić information content (AvgIpc) is 3.33. The van der Waals surface area contributed by atoms with Crippen LogP contribution in [0.2, 0.25) is 0 Å². The predicted molar refractivity (Wildman–Crippen MR) is 108 cm³/mol. The molecule has 5 rings (SSSR count). The summed E-state index contributed by atoms with van der Waals surface area (Å²) in [4.78, 5) is 19.6. The highest BCUT2D eigenvalue weighted by Gasteiger charge is 2.30. The van der Waals surface area contributed by atoms with Crippen LogP contribution >= 0.6 is 11.3 Å². The van der Waals surface area contributed by atoms with E-state index >= 15 is 0 Å². The van der Waals surface area contributed by atoms with Crippen LogP contribution in [-0.2, 0) is 25.6 Å². The van der Waals surface area contributed by atoms with E-state index in [1.54, 1.807) is 11.3 Å². The number of alkyl halides is 3. The number of fused-ring (bicyclic) bond motifs is 3. The lowest BCUT2D eigenvalue weighted by Crippen LogP contribution is -2.23. The first kappa shape index (κ1) is 19.9. The number of nitrogens with zero attached hydrogens (tertiary/aromatic N) is 6. The second-order valence-corrected chi connectivity index (χ2v) is 8.84. The molecule has 7 nitrogen and oxygen atoms in total. The molecule has 1 aliphatic carbocycles. The summed E-state index contributed by atoms with van der Waals surface area (Å²) < 4.78 is 41.2. The largest absolute Gasteiger partial charge is 0.416 e. The van der Waals surface area contributed by atoms with E-state index in [2.05, 4.69) is 27.4 Å². The number of aromatic nitrogens is 6. The molecular weight excluding hydrogens is 429 g/mol. The summed E-state index contributed by atoms with van der Waals surface area (Å²) >= 11 is 1.58. The minimum Gasteiger partial charge on any atom is -0.291 e. The van der Waals surface area contributed by atoms with Crippen LogP contribution < -0.4 is 5.56 Å². The summed E-state index contributed by atoms with van der Waals surface area (Å²) in [5, 5.41) is 12.1. The van der Waals surface area contributed by atoms with E-state index in [0.717, 1.165) is 41.8 Å². The molecule has 31 heavy (non-hydrogen) atoms. The van der Waals surface area contributed by atoms with Gasteiger partial charge in [-0.25, -0.2) is 4.98 Å². The van der Waals surface area contributed by atoms with Gasteiger partial charge < -0.3 is 0 Å². The normalized spacial score (nSPS) is 16.6. The van der Waals surface area contributed by atoms with Crippen molar-refractivity contribution in [3.8, 4) is 5.69 Å². The first-order valence-corrected chi connectivity index (χ1v) is 10.6. The lowest BCUT2D eigenvalue weighted by molar-refractivity contribution is -0.137. The lowest BCUT2D eigenvalue weighted by Gasteiger charge is -2.17. The number of thiophene rings is 1. The molecule has 3 heterocycles. The molecule has 0 radical (unpaired) electrons. The van der Waals surface area contributed by atoms with E-state index < -0.39 is 11.7 Å². The number of rotatable bonds is 3. The predicted octanol–water partition coefficient (Wildman–Crippen LogP) is 3.63. The van der Waals surface area contributed by atoms with Crippen LogP contribution in [0, 0.1) is 5.92 Å². The molecule has 3 aromatic heterocycles. The topological polar surface area (TPSA) is 78.5 Å². The van der Waals surface area contributed by atoms with Crippen molar-refractivity contribution in [2.45, 2.75) is 38.9 Å². The fourth-order valence-corrected chi connectivity index (χ4v) is 5.27. The van der Waals surface area contributed by atoms with Gasteiger partial charge in [-0.3, -0.25) is 9.36 Å². The van der Waals surface area contributed by atoms with E-state index in [0.29, 0.717) is 22.8 Å². The van der Waals surface area contributed by atoms with E-state index in [9.17, 15) is 18.0 Å². The summed E-state index contributed by atoms with van der Waals surface area (Å²) in [5.41, 5.74) is 0.552. The molecule has 0 bridgehead atoms. The Morgan fingerprint density at radius 3 is 2.74 bits per heavy atom. The molecule has 11 heteroatoms. The minimum absolute atomic E-state index is 0.0524. The standard InChI is InChI=1S/C20H17F3N6OS/c1-11-2-7-14-15(8-11)31-18-17(14)19(30)28(10-24-18)9-16-25-26-27-29(16)13-5-3-12(4-6-13)20(21,22)23/h3-6,10-11H,2,7-9H2,1H3. The van der Waals surface area contributed by atoms with Gasteiger partial charge in [-0.1, -0.05) is 6.92 Å². The molecule has 1 atom stereocenters. The van der Waals surface area contributed by atoms with Crippen molar-refractivity contribution >= 4 is 21.6 Å². The molecule has 0 amide bonds. The van der Waals surface area contributed by atoms with Gasteiger partial charge in [0.05, 0.1) is 29.5 Å². The minimum atomic E-state index is -4.42. The van der Waals surface area contributed by atoms with Gasteiger partial charge in [0.2, 0.25) is 0 Å². The monoisotopic (exact) mass is 446 g/mol. The van der Waals surface area contributed by atoms with E-state index in [1.807, 2.05) is 0 Å². The zero-order chi connectivity index (χ0) is 21.8. The Morgan fingerprint density at radius 2 is 2.00 bits per heavy atom. The first-order chi connectivity index (χ1) is 14.8. The van der Waals surface area contributed by atoms with Crippen LogP contribution in [0.25, 0.3) is 15.9 Å². The quantitative estimate of drug-likeness (QED) is 0.480. The number of hydrogen-bond donors (Lipinski definition) is 0. The summed E-state index contributed by atoms with van der Waals surface area (Å²) in [7, 11) is 0. The third-order valence-electron chi connectivity index (χ3n) is 5.57. The highest BCUT2D eigenvalue weighted by Crippen LogP contribution is 2.35. The maximum absolute atomic E-state index is 13.2. The summed E-state index contributed by atoms with van der Waals surface area (Å²) in [5.74, 6) is 0.914. The third-order valence-corrected chi connectivity index (χ3v) is 6.73. The zero-order valence-corrected chi connectivity index (χ0v) is 17.2. The van der Waals surface area contributed by atoms with Crippen LogP contribution in [0.15, 0.2) is 35.4 Å². The van der Waals surface area contributed by atoms with Crippen molar-refractivity contribution in [2.24, 2.45) is 5.92 Å². The molecule has 0 aliphatic heterocycles. The van der Waals surface area contributed by atoms with Crippen molar-refractivity contribution in [1.29, 1.82) is 0 Å². The van der Waals surface area contributed by atoms with Crippen LogP contribution in [0.5, 0.6) is 0 Å². The number of aryl methyl sites for hydroxylation is 1. The molecule has 1 unspecified atom stereocenters. The number of benzene rings is 1. The summed E-state index contributed by atoms with van der Waals surface area (Å²) in [6.07, 6.45) is -0.0856. The second kappa shape index (κ2) is 7.26. The van der Waals surface area contributed by atoms with Crippen LogP contribution in [-0.4, -0.2) is 29.8 Å². The molecule has 1 aliphatic rings. The molecule has 1 aromatic carbocycles. The van der Waals surface area contributed by atoms with Crippen LogP contribution in [0.3, 0.4) is 0 Å². The Hall–Kier alpha value is -3.08. The van der Waals surface area contributed by atoms with Crippen LogP contribution in [0.4, 0.5) is 13.2 Å². The Kier molecular flexibility index (Phi) is 4.65. The fourth-order valence-electron chi connectivity index (χ4n) is 3.93. The Balaban J connectivity index is 1.50. The zero-order valence-electron chi connectivity index (χ0n) is 16.4. The molecule has 0 saturated carbocycles. The molecule has 4 aromatic rings. The van der Waals surface area contributed by atoms with Gasteiger partial charge in [-0.15, -0.1) is 16.4 Å². The Morgan fingerprint density at radius 1 is 1.23 bits per heavy atom. The molecule has 0 N–H and O–H groups in total. The molecule has 0 spiro atoms.